The first-order valence-electron chi connectivity index (χ1n) is 4.72. The molecule has 1 rings (SSSR count). The zero-order valence-electron chi connectivity index (χ0n) is 8.53. The number of nitrogens with zero attached hydrogens (tertiary/aromatic N) is 1. The molecule has 0 aliphatic rings. The molecule has 1 heterocycles. The first-order valence-corrected chi connectivity index (χ1v) is 4.72. The number of hydrogen-bond acceptors (Lipinski definition) is 2. The van der Waals surface area contributed by atoms with Gasteiger partial charge in [0.25, 0.3) is 0 Å². The highest BCUT2D eigenvalue weighted by atomic mass is 14.7. The van der Waals surface area contributed by atoms with Crippen LogP contribution in [0, 0.1) is 0 Å². The van der Waals surface area contributed by atoms with Crippen LogP contribution in [0.3, 0.4) is 0 Å². The van der Waals surface area contributed by atoms with Gasteiger partial charge in [-0.2, -0.15) is 0 Å². The lowest BCUT2D eigenvalue weighted by Crippen LogP contribution is -1.98. The molecule has 0 fully saturated rings. The molecule has 0 aliphatic carbocycles. The number of pyridine rings is 1. The van der Waals surface area contributed by atoms with Gasteiger partial charge in [0.05, 0.1) is 5.69 Å². The summed E-state index contributed by atoms with van der Waals surface area (Å²) in [7, 11) is 0. The average Bonchev–Trinajstić information content (AvgIpc) is 2.19. The summed E-state index contributed by atoms with van der Waals surface area (Å²) < 4.78 is 0. The summed E-state index contributed by atoms with van der Waals surface area (Å²) in [4.78, 5) is 4.22. The molecule has 14 heavy (non-hydrogen) atoms. The van der Waals surface area contributed by atoms with Gasteiger partial charge in [-0.1, -0.05) is 24.3 Å². The summed E-state index contributed by atoms with van der Waals surface area (Å²) in [6.45, 7) is 6.49. The fourth-order valence-corrected chi connectivity index (χ4v) is 1.29. The third kappa shape index (κ3) is 2.82. The van der Waals surface area contributed by atoms with Crippen molar-refractivity contribution in [3.8, 4) is 0 Å². The zero-order chi connectivity index (χ0) is 10.4. The molecule has 1 aromatic rings. The van der Waals surface area contributed by atoms with Crippen molar-refractivity contribution < 1.29 is 0 Å². The van der Waals surface area contributed by atoms with E-state index in [1.807, 2.05) is 12.1 Å². The smallest absolute Gasteiger partial charge is 0.0696 e. The molecule has 0 radical (unpaired) electrons. The van der Waals surface area contributed by atoms with Crippen LogP contribution < -0.4 is 5.73 Å². The molecule has 74 valence electrons. The maximum Gasteiger partial charge on any atom is 0.0696 e. The number of hydrogen-bond donors (Lipinski definition) is 1. The average molecular weight is 188 g/mol. The van der Waals surface area contributed by atoms with E-state index in [1.54, 1.807) is 12.3 Å². The van der Waals surface area contributed by atoms with Gasteiger partial charge >= 0.3 is 0 Å². The summed E-state index contributed by atoms with van der Waals surface area (Å²) in [5.41, 5.74) is 8.77. The molecule has 0 aromatic carbocycles. The Balaban J connectivity index is 2.95. The minimum absolute atomic E-state index is 0.687. The van der Waals surface area contributed by atoms with Gasteiger partial charge < -0.3 is 5.73 Å². The van der Waals surface area contributed by atoms with E-state index in [0.29, 0.717) is 6.54 Å². The topological polar surface area (TPSA) is 38.9 Å². The number of nitrogens with two attached hydrogens (primary N) is 1. The van der Waals surface area contributed by atoms with Crippen LogP contribution in [0.2, 0.25) is 0 Å². The first kappa shape index (κ1) is 10.7. The monoisotopic (exact) mass is 188 g/mol. The molecule has 2 heteroatoms. The Labute approximate surface area is 85.2 Å². The summed E-state index contributed by atoms with van der Waals surface area (Å²) in [5, 5.41) is 0. The fourth-order valence-electron chi connectivity index (χ4n) is 1.29. The molecule has 2 N–H and O–H groups in total. The fraction of sp³-hybridized carbons (Fsp3) is 0.250. The van der Waals surface area contributed by atoms with Crippen molar-refractivity contribution >= 4 is 12.2 Å². The second-order valence-electron chi connectivity index (χ2n) is 3.21. The van der Waals surface area contributed by atoms with Crippen LogP contribution in [0.4, 0.5) is 0 Å². The second kappa shape index (κ2) is 5.35. The Morgan fingerprint density at radius 1 is 1.64 bits per heavy atom. The molecule has 0 saturated carbocycles. The van der Waals surface area contributed by atoms with Gasteiger partial charge in [0.1, 0.15) is 0 Å². The summed E-state index contributed by atoms with van der Waals surface area (Å²) in [6.07, 6.45) is 6.57. The van der Waals surface area contributed by atoms with Crippen LogP contribution >= 0.6 is 0 Å². The van der Waals surface area contributed by atoms with E-state index in [-0.39, 0.29) is 0 Å². The molecule has 0 atom stereocenters. The van der Waals surface area contributed by atoms with E-state index < -0.39 is 0 Å². The van der Waals surface area contributed by atoms with Gasteiger partial charge in [-0.3, -0.25) is 4.98 Å². The Kier molecular flexibility index (Phi) is 4.08. The summed E-state index contributed by atoms with van der Waals surface area (Å²) in [6, 6.07) is 3.96. The SMILES string of the molecule is C=Cc1ncccc1/C=C(\C)CCN. The molecular formula is C12H16N2. The highest BCUT2D eigenvalue weighted by molar-refractivity contribution is 5.62. The lowest BCUT2D eigenvalue weighted by Gasteiger charge is -2.01. The summed E-state index contributed by atoms with van der Waals surface area (Å²) in [5.74, 6) is 0. The summed E-state index contributed by atoms with van der Waals surface area (Å²) >= 11 is 0. The van der Waals surface area contributed by atoms with E-state index in [2.05, 4.69) is 24.6 Å². The minimum Gasteiger partial charge on any atom is -0.330 e. The van der Waals surface area contributed by atoms with Crippen molar-refractivity contribution in [2.45, 2.75) is 13.3 Å². The Morgan fingerprint density at radius 3 is 3.07 bits per heavy atom. The van der Waals surface area contributed by atoms with Crippen molar-refractivity contribution in [3.63, 3.8) is 0 Å². The quantitative estimate of drug-likeness (QED) is 0.788. The third-order valence-electron chi connectivity index (χ3n) is 2.01. The van der Waals surface area contributed by atoms with E-state index in [1.165, 1.54) is 5.57 Å². The maximum atomic E-state index is 5.48. The van der Waals surface area contributed by atoms with E-state index in [9.17, 15) is 0 Å². The van der Waals surface area contributed by atoms with Crippen LogP contribution in [0.1, 0.15) is 24.6 Å². The molecular weight excluding hydrogens is 172 g/mol. The lowest BCUT2D eigenvalue weighted by molar-refractivity contribution is 0.957. The van der Waals surface area contributed by atoms with Gasteiger partial charge in [-0.05, 0) is 32.0 Å². The van der Waals surface area contributed by atoms with E-state index >= 15 is 0 Å². The van der Waals surface area contributed by atoms with Gasteiger partial charge in [0.2, 0.25) is 0 Å². The van der Waals surface area contributed by atoms with Crippen molar-refractivity contribution in [1.82, 2.24) is 4.98 Å². The molecule has 0 aliphatic heterocycles. The highest BCUT2D eigenvalue weighted by Gasteiger charge is 1.96. The largest absolute Gasteiger partial charge is 0.330 e. The lowest BCUT2D eigenvalue weighted by atomic mass is 10.1. The second-order valence-corrected chi connectivity index (χ2v) is 3.21. The molecule has 2 nitrogen and oxygen atoms in total. The normalized spacial score (nSPS) is 11.4. The number of rotatable bonds is 4. The Bertz CT molecular complexity index is 340. The van der Waals surface area contributed by atoms with E-state index in [4.69, 9.17) is 5.73 Å². The Morgan fingerprint density at radius 2 is 2.43 bits per heavy atom. The highest BCUT2D eigenvalue weighted by Crippen LogP contribution is 2.12. The van der Waals surface area contributed by atoms with Crippen molar-refractivity contribution in [2.24, 2.45) is 5.73 Å². The molecule has 0 bridgehead atoms. The Hall–Kier alpha value is -1.41. The van der Waals surface area contributed by atoms with Crippen LogP contribution in [0.25, 0.3) is 12.2 Å². The minimum atomic E-state index is 0.687. The first-order chi connectivity index (χ1) is 6.77. The third-order valence-corrected chi connectivity index (χ3v) is 2.01. The predicted molar refractivity (Wildman–Crippen MR) is 61.7 cm³/mol. The predicted octanol–water partition coefficient (Wildman–Crippen LogP) is 2.48. The van der Waals surface area contributed by atoms with E-state index in [0.717, 1.165) is 17.7 Å². The molecule has 0 unspecified atom stereocenters. The van der Waals surface area contributed by atoms with Gasteiger partial charge in [0, 0.05) is 11.8 Å². The van der Waals surface area contributed by atoms with Crippen LogP contribution in [-0.4, -0.2) is 11.5 Å². The van der Waals surface area contributed by atoms with Crippen LogP contribution in [-0.2, 0) is 0 Å². The van der Waals surface area contributed by atoms with Crippen molar-refractivity contribution in [2.75, 3.05) is 6.54 Å². The van der Waals surface area contributed by atoms with Crippen LogP contribution in [0.15, 0.2) is 30.5 Å². The molecule has 0 spiro atoms. The van der Waals surface area contributed by atoms with Gasteiger partial charge in [-0.25, -0.2) is 0 Å². The standard InChI is InChI=1S/C12H16N2/c1-3-12-11(5-4-8-14-12)9-10(2)6-7-13/h3-5,8-9H,1,6-7,13H2,2H3/b10-9+. The molecule has 0 saturated heterocycles. The van der Waals surface area contributed by atoms with Crippen molar-refractivity contribution in [1.29, 1.82) is 0 Å². The maximum absolute atomic E-state index is 5.48. The zero-order valence-corrected chi connectivity index (χ0v) is 8.53. The van der Waals surface area contributed by atoms with Crippen LogP contribution in [0.5, 0.6) is 0 Å². The molecule has 0 amide bonds. The van der Waals surface area contributed by atoms with Gasteiger partial charge in [0.15, 0.2) is 0 Å². The number of aromatic nitrogens is 1. The van der Waals surface area contributed by atoms with Crippen molar-refractivity contribution in [3.05, 3.63) is 41.7 Å². The molecule has 1 aromatic heterocycles. The van der Waals surface area contributed by atoms with Gasteiger partial charge in [-0.15, -0.1) is 0 Å².